The van der Waals surface area contributed by atoms with Crippen LogP contribution >= 0.6 is 0 Å². The molecule has 0 saturated carbocycles. The average Bonchev–Trinajstić information content (AvgIpc) is 3.06. The largest absolute Gasteiger partial charge is 0.423 e. The van der Waals surface area contributed by atoms with Crippen LogP contribution in [0.2, 0.25) is 0 Å². The molecule has 0 aliphatic rings. The van der Waals surface area contributed by atoms with Gasteiger partial charge < -0.3 is 9.47 Å². The monoisotopic (exact) mass is 653 g/mol. The van der Waals surface area contributed by atoms with E-state index in [4.69, 9.17) is 9.47 Å². The van der Waals surface area contributed by atoms with Gasteiger partial charge in [0.25, 0.3) is 0 Å². The number of unbranched alkanes of at least 4 members (excludes halogenated alkanes) is 22. The molecular formula is C43H72O4. The van der Waals surface area contributed by atoms with Crippen molar-refractivity contribution in [2.75, 3.05) is 0 Å². The molecule has 0 aliphatic heterocycles. The second-order valence-corrected chi connectivity index (χ2v) is 13.6. The quantitative estimate of drug-likeness (QED) is 0.0336. The fourth-order valence-electron chi connectivity index (χ4n) is 5.81. The summed E-state index contributed by atoms with van der Waals surface area (Å²) in [5, 5.41) is 0. The summed E-state index contributed by atoms with van der Waals surface area (Å²) in [6, 6.07) is 5.40. The van der Waals surface area contributed by atoms with Gasteiger partial charge in [0.05, 0.1) is 0 Å². The van der Waals surface area contributed by atoms with Gasteiger partial charge in [-0.05, 0) is 88.8 Å². The Hall–Kier alpha value is -2.36. The predicted molar refractivity (Wildman–Crippen MR) is 201 cm³/mol. The van der Waals surface area contributed by atoms with Crippen LogP contribution in [0.25, 0.3) is 0 Å². The summed E-state index contributed by atoms with van der Waals surface area (Å²) in [5.41, 5.74) is 0.964. The van der Waals surface area contributed by atoms with Crippen molar-refractivity contribution in [3.63, 3.8) is 0 Å². The summed E-state index contributed by atoms with van der Waals surface area (Å²) >= 11 is 0. The van der Waals surface area contributed by atoms with Gasteiger partial charge in [0.1, 0.15) is 0 Å². The minimum Gasteiger partial charge on any atom is -0.423 e. The fourth-order valence-corrected chi connectivity index (χ4v) is 5.81. The van der Waals surface area contributed by atoms with Gasteiger partial charge in [0.15, 0.2) is 11.5 Å². The van der Waals surface area contributed by atoms with E-state index in [0.29, 0.717) is 24.3 Å². The minimum absolute atomic E-state index is 0.261. The van der Waals surface area contributed by atoms with Gasteiger partial charge in [-0.3, -0.25) is 9.59 Å². The van der Waals surface area contributed by atoms with Crippen molar-refractivity contribution in [1.82, 2.24) is 0 Å². The van der Waals surface area contributed by atoms with Gasteiger partial charge in [0.2, 0.25) is 0 Å². The van der Waals surface area contributed by atoms with Crippen LogP contribution in [0.1, 0.15) is 199 Å². The zero-order chi connectivity index (χ0) is 34.0. The van der Waals surface area contributed by atoms with Crippen molar-refractivity contribution in [3.05, 3.63) is 48.1 Å². The third-order valence-electron chi connectivity index (χ3n) is 8.83. The Balaban J connectivity index is 2.11. The molecule has 1 aromatic rings. The Morgan fingerprint density at radius 3 is 1.21 bits per heavy atom. The van der Waals surface area contributed by atoms with Crippen molar-refractivity contribution >= 4 is 11.9 Å². The second kappa shape index (κ2) is 32.2. The number of ether oxygens (including phenoxy) is 2. The van der Waals surface area contributed by atoms with Gasteiger partial charge in [-0.15, -0.1) is 0 Å². The molecule has 0 spiro atoms. The number of carbonyl (C=O) groups excluding carboxylic acids is 2. The molecule has 1 aromatic carbocycles. The number of rotatable bonds is 32. The maximum atomic E-state index is 12.5. The summed E-state index contributed by atoms with van der Waals surface area (Å²) in [4.78, 5) is 25.1. The van der Waals surface area contributed by atoms with Crippen molar-refractivity contribution in [2.24, 2.45) is 0 Å². The van der Waals surface area contributed by atoms with E-state index in [0.717, 1.165) is 56.9 Å². The van der Waals surface area contributed by atoms with Crippen molar-refractivity contribution in [3.8, 4) is 11.5 Å². The summed E-state index contributed by atoms with van der Waals surface area (Å²) in [7, 11) is 0. The van der Waals surface area contributed by atoms with E-state index in [-0.39, 0.29) is 11.9 Å². The topological polar surface area (TPSA) is 52.6 Å². The first-order valence-electron chi connectivity index (χ1n) is 19.9. The van der Waals surface area contributed by atoms with Crippen molar-refractivity contribution in [1.29, 1.82) is 0 Å². The van der Waals surface area contributed by atoms with Crippen LogP contribution in [0.4, 0.5) is 0 Å². The number of benzene rings is 1. The molecule has 0 saturated heterocycles. The molecule has 0 amide bonds. The summed E-state index contributed by atoms with van der Waals surface area (Å²) in [6.07, 6.45) is 42.0. The molecule has 4 nitrogen and oxygen atoms in total. The summed E-state index contributed by atoms with van der Waals surface area (Å²) in [6.45, 7) is 6.47. The van der Waals surface area contributed by atoms with Gasteiger partial charge >= 0.3 is 11.9 Å². The molecule has 1 rings (SSSR count). The zero-order valence-electron chi connectivity index (χ0n) is 31.0. The van der Waals surface area contributed by atoms with Crippen LogP contribution in [-0.4, -0.2) is 11.9 Å². The predicted octanol–water partition coefficient (Wildman–Crippen LogP) is 13.9. The Morgan fingerprint density at radius 2 is 0.809 bits per heavy atom. The lowest BCUT2D eigenvalue weighted by molar-refractivity contribution is -0.137. The van der Waals surface area contributed by atoms with Crippen LogP contribution in [-0.2, 0) is 9.59 Å². The highest BCUT2D eigenvalue weighted by molar-refractivity contribution is 5.76. The second-order valence-electron chi connectivity index (χ2n) is 13.6. The molecule has 268 valence electrons. The van der Waals surface area contributed by atoms with Crippen LogP contribution in [0.3, 0.4) is 0 Å². The van der Waals surface area contributed by atoms with Crippen molar-refractivity contribution in [2.45, 2.75) is 201 Å². The third-order valence-corrected chi connectivity index (χ3v) is 8.83. The fraction of sp³-hybridized carbons (Fsp3) is 0.721. The first kappa shape index (κ1) is 42.7. The zero-order valence-corrected chi connectivity index (χ0v) is 31.0. The molecule has 0 aromatic heterocycles. The number of aryl methyl sites for hydroxylation is 1. The lowest BCUT2D eigenvalue weighted by atomic mass is 10.1. The molecule has 0 atom stereocenters. The molecule has 0 bridgehead atoms. The Bertz CT molecular complexity index is 947. The van der Waals surface area contributed by atoms with Crippen LogP contribution < -0.4 is 9.47 Å². The maximum absolute atomic E-state index is 12.5. The Kier molecular flexibility index (Phi) is 29.2. The maximum Gasteiger partial charge on any atom is 0.311 e. The van der Waals surface area contributed by atoms with Gasteiger partial charge in [-0.25, -0.2) is 0 Å². The highest BCUT2D eigenvalue weighted by Gasteiger charge is 2.14. The van der Waals surface area contributed by atoms with E-state index in [1.54, 1.807) is 12.1 Å². The molecule has 0 N–H and O–H groups in total. The van der Waals surface area contributed by atoms with Crippen LogP contribution in [0.15, 0.2) is 42.5 Å². The highest BCUT2D eigenvalue weighted by atomic mass is 16.6. The number of allylic oxidation sites excluding steroid dienone is 4. The van der Waals surface area contributed by atoms with E-state index in [1.807, 2.05) is 13.0 Å². The summed E-state index contributed by atoms with van der Waals surface area (Å²) in [5.74, 6) is 0.163. The van der Waals surface area contributed by atoms with E-state index in [1.165, 1.54) is 116 Å². The molecule has 0 unspecified atom stereocenters. The molecule has 0 radical (unpaired) electrons. The van der Waals surface area contributed by atoms with E-state index in [2.05, 4.69) is 38.2 Å². The van der Waals surface area contributed by atoms with Gasteiger partial charge in [-0.1, -0.05) is 147 Å². The molecule has 0 aliphatic carbocycles. The third kappa shape index (κ3) is 27.3. The molecule has 0 fully saturated rings. The van der Waals surface area contributed by atoms with E-state index >= 15 is 0 Å². The number of esters is 2. The van der Waals surface area contributed by atoms with Gasteiger partial charge in [0, 0.05) is 12.8 Å². The summed E-state index contributed by atoms with van der Waals surface area (Å²) < 4.78 is 11.3. The SMILES string of the molecule is CCCCCCCCC=CCCCCCCCC(=O)Oc1ccc(C)cc1OC(=O)CCCCCCCC=CCCCCCCCC. The lowest BCUT2D eigenvalue weighted by Crippen LogP contribution is -2.12. The molecule has 4 heteroatoms. The first-order valence-corrected chi connectivity index (χ1v) is 19.9. The normalized spacial score (nSPS) is 11.6. The van der Waals surface area contributed by atoms with Crippen LogP contribution in [0.5, 0.6) is 11.5 Å². The first-order chi connectivity index (χ1) is 23.1. The number of carbonyl (C=O) groups is 2. The molecule has 47 heavy (non-hydrogen) atoms. The van der Waals surface area contributed by atoms with E-state index < -0.39 is 0 Å². The van der Waals surface area contributed by atoms with Crippen molar-refractivity contribution < 1.29 is 19.1 Å². The molecular weight excluding hydrogens is 580 g/mol. The standard InChI is InChI=1S/C43H72O4/c1-4-6-8-10-12-14-16-18-20-22-24-26-28-30-32-34-42(44)46-40-37-36-39(3)38-41(40)47-43(45)35-33-31-29-27-25-23-21-19-17-15-13-11-9-7-5-2/h18-21,36-38H,4-17,22-35H2,1-3H3. The lowest BCUT2D eigenvalue weighted by Gasteiger charge is -2.11. The highest BCUT2D eigenvalue weighted by Crippen LogP contribution is 2.29. The van der Waals surface area contributed by atoms with E-state index in [9.17, 15) is 9.59 Å². The minimum atomic E-state index is -0.263. The Morgan fingerprint density at radius 1 is 0.468 bits per heavy atom. The average molecular weight is 653 g/mol. The Labute approximate surface area is 290 Å². The smallest absolute Gasteiger partial charge is 0.311 e. The van der Waals surface area contributed by atoms with Crippen LogP contribution in [0, 0.1) is 6.92 Å². The van der Waals surface area contributed by atoms with Gasteiger partial charge in [-0.2, -0.15) is 0 Å². The molecule has 0 heterocycles. The number of hydrogen-bond donors (Lipinski definition) is 0. The number of hydrogen-bond acceptors (Lipinski definition) is 4.